The number of para-hydroxylation sites is 1. The molecule has 0 heterocycles. The van der Waals surface area contributed by atoms with Crippen LogP contribution in [-0.2, 0) is 6.54 Å². The van der Waals surface area contributed by atoms with Crippen molar-refractivity contribution in [3.63, 3.8) is 0 Å². The van der Waals surface area contributed by atoms with Gasteiger partial charge in [-0.3, -0.25) is 0 Å². The maximum absolute atomic E-state index is 9.81. The van der Waals surface area contributed by atoms with Crippen LogP contribution in [0.5, 0.6) is 5.75 Å². The Bertz CT molecular complexity index is 382. The third kappa shape index (κ3) is 3.25. The molecule has 3 heteroatoms. The number of hydrogen-bond acceptors (Lipinski definition) is 3. The SMILES string of the molecule is CCC(CC#N)NCc1cccc(C)c1O. The van der Waals surface area contributed by atoms with E-state index in [0.29, 0.717) is 18.7 Å². The molecule has 16 heavy (non-hydrogen) atoms. The Morgan fingerprint density at radius 1 is 1.50 bits per heavy atom. The van der Waals surface area contributed by atoms with Crippen molar-refractivity contribution >= 4 is 0 Å². The van der Waals surface area contributed by atoms with E-state index in [-0.39, 0.29) is 6.04 Å². The number of aryl methyl sites for hydroxylation is 1. The summed E-state index contributed by atoms with van der Waals surface area (Å²) >= 11 is 0. The first-order chi connectivity index (χ1) is 7.69. The smallest absolute Gasteiger partial charge is 0.122 e. The molecule has 1 aromatic rings. The lowest BCUT2D eigenvalue weighted by atomic mass is 10.1. The van der Waals surface area contributed by atoms with Gasteiger partial charge in [-0.1, -0.05) is 25.1 Å². The van der Waals surface area contributed by atoms with E-state index in [4.69, 9.17) is 5.26 Å². The number of aromatic hydroxyl groups is 1. The Labute approximate surface area is 96.7 Å². The van der Waals surface area contributed by atoms with Gasteiger partial charge in [-0.25, -0.2) is 0 Å². The molecule has 86 valence electrons. The number of rotatable bonds is 5. The van der Waals surface area contributed by atoms with Crippen molar-refractivity contribution in [3.8, 4) is 11.8 Å². The average Bonchev–Trinajstić information content (AvgIpc) is 2.29. The summed E-state index contributed by atoms with van der Waals surface area (Å²) in [5.41, 5.74) is 1.77. The molecule has 3 nitrogen and oxygen atoms in total. The van der Waals surface area contributed by atoms with Crippen LogP contribution in [0.2, 0.25) is 0 Å². The summed E-state index contributed by atoms with van der Waals surface area (Å²) in [4.78, 5) is 0. The van der Waals surface area contributed by atoms with Gasteiger partial charge in [-0.15, -0.1) is 0 Å². The van der Waals surface area contributed by atoms with Crippen molar-refractivity contribution in [2.45, 2.75) is 39.3 Å². The normalized spacial score (nSPS) is 12.1. The van der Waals surface area contributed by atoms with Gasteiger partial charge in [0, 0.05) is 18.2 Å². The zero-order valence-electron chi connectivity index (χ0n) is 9.83. The van der Waals surface area contributed by atoms with Crippen molar-refractivity contribution < 1.29 is 5.11 Å². The molecule has 0 aliphatic rings. The second-order valence-electron chi connectivity index (χ2n) is 3.93. The summed E-state index contributed by atoms with van der Waals surface area (Å²) < 4.78 is 0. The van der Waals surface area contributed by atoms with Gasteiger partial charge in [0.1, 0.15) is 5.75 Å². The fourth-order valence-corrected chi connectivity index (χ4v) is 1.59. The molecule has 0 amide bonds. The van der Waals surface area contributed by atoms with E-state index in [1.165, 1.54) is 0 Å². The molecule has 1 atom stereocenters. The lowest BCUT2D eigenvalue weighted by molar-refractivity contribution is 0.449. The van der Waals surface area contributed by atoms with Crippen LogP contribution < -0.4 is 5.32 Å². The molecule has 0 saturated heterocycles. The molecule has 0 aliphatic carbocycles. The molecule has 2 N–H and O–H groups in total. The number of nitriles is 1. The van der Waals surface area contributed by atoms with Crippen molar-refractivity contribution in [1.29, 1.82) is 5.26 Å². The number of phenolic OH excluding ortho intramolecular Hbond substituents is 1. The fraction of sp³-hybridized carbons (Fsp3) is 0.462. The van der Waals surface area contributed by atoms with Crippen LogP contribution in [0.25, 0.3) is 0 Å². The molecule has 1 unspecified atom stereocenters. The van der Waals surface area contributed by atoms with Crippen LogP contribution in [0.15, 0.2) is 18.2 Å². The summed E-state index contributed by atoms with van der Waals surface area (Å²) in [6.07, 6.45) is 1.42. The van der Waals surface area contributed by atoms with Gasteiger partial charge in [0.2, 0.25) is 0 Å². The third-order valence-corrected chi connectivity index (χ3v) is 2.73. The van der Waals surface area contributed by atoms with Gasteiger partial charge in [0.15, 0.2) is 0 Å². The quantitative estimate of drug-likeness (QED) is 0.798. The maximum atomic E-state index is 9.81. The minimum Gasteiger partial charge on any atom is -0.507 e. The van der Waals surface area contributed by atoms with E-state index in [0.717, 1.165) is 17.5 Å². The monoisotopic (exact) mass is 218 g/mol. The highest BCUT2D eigenvalue weighted by atomic mass is 16.3. The predicted molar refractivity (Wildman–Crippen MR) is 64.0 cm³/mol. The Morgan fingerprint density at radius 3 is 2.88 bits per heavy atom. The van der Waals surface area contributed by atoms with E-state index in [2.05, 4.69) is 11.4 Å². The predicted octanol–water partition coefficient (Wildman–Crippen LogP) is 2.48. The Kier molecular flexibility index (Phi) is 4.81. The summed E-state index contributed by atoms with van der Waals surface area (Å²) in [7, 11) is 0. The molecule has 0 aromatic heterocycles. The van der Waals surface area contributed by atoms with Gasteiger partial charge in [0.05, 0.1) is 12.5 Å². The summed E-state index contributed by atoms with van der Waals surface area (Å²) in [6.45, 7) is 4.53. The van der Waals surface area contributed by atoms with Crippen molar-refractivity contribution in [2.24, 2.45) is 0 Å². The first-order valence-corrected chi connectivity index (χ1v) is 5.56. The largest absolute Gasteiger partial charge is 0.507 e. The zero-order chi connectivity index (χ0) is 12.0. The molecule has 0 radical (unpaired) electrons. The van der Waals surface area contributed by atoms with Crippen LogP contribution in [-0.4, -0.2) is 11.1 Å². The Hall–Kier alpha value is -1.53. The van der Waals surface area contributed by atoms with Crippen LogP contribution in [0, 0.1) is 18.3 Å². The van der Waals surface area contributed by atoms with Gasteiger partial charge in [-0.05, 0) is 18.9 Å². The van der Waals surface area contributed by atoms with Crippen LogP contribution in [0.1, 0.15) is 30.9 Å². The molecular formula is C13H18N2O. The highest BCUT2D eigenvalue weighted by Gasteiger charge is 2.07. The van der Waals surface area contributed by atoms with E-state index in [1.54, 1.807) is 0 Å². The molecule has 0 spiro atoms. The minimum atomic E-state index is 0.199. The zero-order valence-corrected chi connectivity index (χ0v) is 9.83. The lowest BCUT2D eigenvalue weighted by Gasteiger charge is -2.14. The number of nitrogens with one attached hydrogen (secondary N) is 1. The van der Waals surface area contributed by atoms with E-state index in [1.807, 2.05) is 32.0 Å². The number of hydrogen-bond donors (Lipinski definition) is 2. The topological polar surface area (TPSA) is 56.0 Å². The van der Waals surface area contributed by atoms with Gasteiger partial charge >= 0.3 is 0 Å². The second kappa shape index (κ2) is 6.14. The Balaban J connectivity index is 2.60. The molecule has 0 aliphatic heterocycles. The summed E-state index contributed by atoms with van der Waals surface area (Å²) in [6, 6.07) is 8.06. The minimum absolute atomic E-state index is 0.199. The lowest BCUT2D eigenvalue weighted by Crippen LogP contribution is -2.27. The van der Waals surface area contributed by atoms with Gasteiger partial charge in [0.25, 0.3) is 0 Å². The van der Waals surface area contributed by atoms with E-state index < -0.39 is 0 Å². The summed E-state index contributed by atoms with van der Waals surface area (Å²) in [5.74, 6) is 0.349. The second-order valence-corrected chi connectivity index (χ2v) is 3.93. The first-order valence-electron chi connectivity index (χ1n) is 5.56. The van der Waals surface area contributed by atoms with Crippen molar-refractivity contribution in [3.05, 3.63) is 29.3 Å². The van der Waals surface area contributed by atoms with E-state index in [9.17, 15) is 5.11 Å². The molecule has 0 saturated carbocycles. The number of benzene rings is 1. The molecule has 1 aromatic carbocycles. The average molecular weight is 218 g/mol. The summed E-state index contributed by atoms with van der Waals surface area (Å²) in [5, 5.41) is 21.7. The van der Waals surface area contributed by atoms with Gasteiger partial charge < -0.3 is 10.4 Å². The van der Waals surface area contributed by atoms with Gasteiger partial charge in [-0.2, -0.15) is 5.26 Å². The van der Waals surface area contributed by atoms with E-state index >= 15 is 0 Å². The maximum Gasteiger partial charge on any atom is 0.122 e. The van der Waals surface area contributed by atoms with Crippen molar-refractivity contribution in [2.75, 3.05) is 0 Å². The number of nitrogens with zero attached hydrogens (tertiary/aromatic N) is 1. The third-order valence-electron chi connectivity index (χ3n) is 2.73. The highest BCUT2D eigenvalue weighted by molar-refractivity contribution is 5.39. The fourth-order valence-electron chi connectivity index (χ4n) is 1.59. The molecule has 0 bridgehead atoms. The molecule has 1 rings (SSSR count). The molecular weight excluding hydrogens is 200 g/mol. The number of phenols is 1. The van der Waals surface area contributed by atoms with Crippen molar-refractivity contribution in [1.82, 2.24) is 5.32 Å². The first kappa shape index (κ1) is 12.5. The standard InChI is InChI=1S/C13H18N2O/c1-3-12(7-8-14)15-9-11-6-4-5-10(2)13(11)16/h4-6,12,15-16H,3,7,9H2,1-2H3. The molecule has 0 fully saturated rings. The highest BCUT2D eigenvalue weighted by Crippen LogP contribution is 2.21. The van der Waals surface area contributed by atoms with Crippen LogP contribution >= 0.6 is 0 Å². The Morgan fingerprint density at radius 2 is 2.25 bits per heavy atom. The van der Waals surface area contributed by atoms with Crippen LogP contribution in [0.3, 0.4) is 0 Å². The van der Waals surface area contributed by atoms with Crippen LogP contribution in [0.4, 0.5) is 0 Å².